The van der Waals surface area contributed by atoms with Crippen molar-refractivity contribution < 1.29 is 4.79 Å². The van der Waals surface area contributed by atoms with Crippen LogP contribution in [0.1, 0.15) is 22.3 Å². The lowest BCUT2D eigenvalue weighted by Gasteiger charge is -2.06. The molecule has 1 aromatic carbocycles. The van der Waals surface area contributed by atoms with E-state index in [1.807, 2.05) is 12.2 Å². The van der Waals surface area contributed by atoms with Gasteiger partial charge in [-0.05, 0) is 29.8 Å². The smallest absolute Gasteiger partial charge is 0.167 e. The van der Waals surface area contributed by atoms with Crippen molar-refractivity contribution in [1.82, 2.24) is 0 Å². The fourth-order valence-electron chi connectivity index (χ4n) is 1.16. The predicted octanol–water partition coefficient (Wildman–Crippen LogP) is 1.89. The summed E-state index contributed by atoms with van der Waals surface area (Å²) in [5.41, 5.74) is 1.63. The SMILES string of the molecule is O=C1CC=Cc2[c]c[c]cc21. The second-order valence-electron chi connectivity index (χ2n) is 2.46. The Morgan fingerprint density at radius 2 is 2.36 bits per heavy atom. The maximum atomic E-state index is 11.2. The summed E-state index contributed by atoms with van der Waals surface area (Å²) in [4.78, 5) is 11.2. The largest absolute Gasteiger partial charge is 0.294 e. The summed E-state index contributed by atoms with van der Waals surface area (Å²) in [6.07, 6.45) is 4.30. The maximum Gasteiger partial charge on any atom is 0.167 e. The zero-order valence-corrected chi connectivity index (χ0v) is 5.92. The molecule has 52 valence electrons. The van der Waals surface area contributed by atoms with Crippen LogP contribution in [0.5, 0.6) is 0 Å². The Morgan fingerprint density at radius 1 is 1.45 bits per heavy atom. The third kappa shape index (κ3) is 0.984. The van der Waals surface area contributed by atoms with Crippen molar-refractivity contribution in [3.05, 3.63) is 41.5 Å². The van der Waals surface area contributed by atoms with Gasteiger partial charge in [0, 0.05) is 12.0 Å². The Morgan fingerprint density at radius 3 is 3.18 bits per heavy atom. The summed E-state index contributed by atoms with van der Waals surface area (Å²) in [7, 11) is 0. The molecular weight excluding hydrogens is 136 g/mol. The average Bonchev–Trinajstić information content (AvgIpc) is 2.06. The van der Waals surface area contributed by atoms with Crippen LogP contribution in [0.2, 0.25) is 0 Å². The molecule has 0 bridgehead atoms. The normalized spacial score (nSPS) is 14.7. The molecule has 1 aromatic rings. The fraction of sp³-hybridized carbons (Fsp3) is 0.100. The minimum atomic E-state index is 0.163. The highest BCUT2D eigenvalue weighted by molar-refractivity contribution is 6.02. The molecule has 1 aliphatic rings. The first-order chi connectivity index (χ1) is 5.38. The van der Waals surface area contributed by atoms with E-state index >= 15 is 0 Å². The molecule has 1 nitrogen and oxygen atoms in total. The summed E-state index contributed by atoms with van der Waals surface area (Å²) >= 11 is 0. The first-order valence-electron chi connectivity index (χ1n) is 3.49. The zero-order valence-electron chi connectivity index (χ0n) is 5.92. The van der Waals surface area contributed by atoms with Crippen molar-refractivity contribution in [2.75, 3.05) is 0 Å². The number of carbonyl (C=O) groups is 1. The van der Waals surface area contributed by atoms with E-state index in [4.69, 9.17) is 0 Å². The molecule has 0 spiro atoms. The van der Waals surface area contributed by atoms with E-state index in [2.05, 4.69) is 12.1 Å². The monoisotopic (exact) mass is 142 g/mol. The molecule has 2 rings (SSSR count). The lowest BCUT2D eigenvalue weighted by molar-refractivity contribution is 0.0994. The lowest BCUT2D eigenvalue weighted by atomic mass is 9.97. The number of allylic oxidation sites excluding steroid dienone is 1. The molecule has 0 aromatic heterocycles. The Balaban J connectivity index is 2.63. The number of ketones is 1. The summed E-state index contributed by atoms with van der Waals surface area (Å²) in [6.45, 7) is 0. The Kier molecular flexibility index (Phi) is 1.35. The molecule has 0 aliphatic heterocycles. The van der Waals surface area contributed by atoms with E-state index < -0.39 is 0 Å². The van der Waals surface area contributed by atoms with E-state index in [1.54, 1.807) is 12.1 Å². The van der Waals surface area contributed by atoms with Crippen molar-refractivity contribution in [1.29, 1.82) is 0 Å². The minimum absolute atomic E-state index is 0.163. The number of benzene rings is 1. The number of Topliss-reactive ketones (excluding diaryl/α,β-unsaturated/α-hetero) is 1. The van der Waals surface area contributed by atoms with Gasteiger partial charge >= 0.3 is 0 Å². The van der Waals surface area contributed by atoms with Crippen LogP contribution in [0.4, 0.5) is 0 Å². The molecule has 2 radical (unpaired) electrons. The van der Waals surface area contributed by atoms with Gasteiger partial charge in [-0.15, -0.1) is 0 Å². The highest BCUT2D eigenvalue weighted by Gasteiger charge is 2.10. The molecule has 0 heterocycles. The third-order valence-electron chi connectivity index (χ3n) is 1.72. The van der Waals surface area contributed by atoms with Gasteiger partial charge in [0.15, 0.2) is 5.78 Å². The van der Waals surface area contributed by atoms with Gasteiger partial charge in [0.05, 0.1) is 0 Å². The van der Waals surface area contributed by atoms with Crippen LogP contribution < -0.4 is 0 Å². The Bertz CT molecular complexity index is 323. The van der Waals surface area contributed by atoms with Gasteiger partial charge in [0.1, 0.15) is 0 Å². The van der Waals surface area contributed by atoms with Crippen LogP contribution in [-0.2, 0) is 0 Å². The number of carbonyl (C=O) groups excluding carboxylic acids is 1. The van der Waals surface area contributed by atoms with E-state index in [-0.39, 0.29) is 5.78 Å². The van der Waals surface area contributed by atoms with Crippen LogP contribution in [0, 0.1) is 12.1 Å². The molecule has 0 N–H and O–H groups in total. The first kappa shape index (κ1) is 6.35. The average molecular weight is 142 g/mol. The molecule has 0 amide bonds. The zero-order chi connectivity index (χ0) is 7.68. The highest BCUT2D eigenvalue weighted by Crippen LogP contribution is 2.17. The summed E-state index contributed by atoms with van der Waals surface area (Å²) < 4.78 is 0. The Labute approximate surface area is 65.4 Å². The van der Waals surface area contributed by atoms with Gasteiger partial charge in [0.25, 0.3) is 0 Å². The predicted molar refractivity (Wildman–Crippen MR) is 42.1 cm³/mol. The van der Waals surface area contributed by atoms with Crippen LogP contribution in [-0.4, -0.2) is 5.78 Å². The maximum absolute atomic E-state index is 11.2. The van der Waals surface area contributed by atoms with Crippen molar-refractivity contribution in [2.45, 2.75) is 6.42 Å². The fourth-order valence-corrected chi connectivity index (χ4v) is 1.16. The van der Waals surface area contributed by atoms with E-state index in [1.165, 1.54) is 0 Å². The van der Waals surface area contributed by atoms with Crippen molar-refractivity contribution in [2.24, 2.45) is 0 Å². The molecular formula is C10H6O. The minimum Gasteiger partial charge on any atom is -0.294 e. The molecule has 0 saturated carbocycles. The number of hydrogen-bond donors (Lipinski definition) is 0. The second kappa shape index (κ2) is 2.35. The molecule has 11 heavy (non-hydrogen) atoms. The quantitative estimate of drug-likeness (QED) is 0.540. The molecule has 0 fully saturated rings. The van der Waals surface area contributed by atoms with Crippen LogP contribution in [0.15, 0.2) is 18.2 Å². The summed E-state index contributed by atoms with van der Waals surface area (Å²) in [5.74, 6) is 0.163. The molecule has 0 unspecified atom stereocenters. The highest BCUT2D eigenvalue weighted by atomic mass is 16.1. The van der Waals surface area contributed by atoms with Crippen LogP contribution >= 0.6 is 0 Å². The van der Waals surface area contributed by atoms with Gasteiger partial charge in [-0.1, -0.05) is 12.2 Å². The lowest BCUT2D eigenvalue weighted by Crippen LogP contribution is -2.03. The van der Waals surface area contributed by atoms with Crippen molar-refractivity contribution >= 4 is 11.9 Å². The number of rotatable bonds is 0. The second-order valence-corrected chi connectivity index (χ2v) is 2.46. The Hall–Kier alpha value is -1.37. The van der Waals surface area contributed by atoms with Crippen molar-refractivity contribution in [3.63, 3.8) is 0 Å². The van der Waals surface area contributed by atoms with Gasteiger partial charge in [-0.3, -0.25) is 4.79 Å². The van der Waals surface area contributed by atoms with E-state index in [0.29, 0.717) is 6.42 Å². The van der Waals surface area contributed by atoms with E-state index in [9.17, 15) is 4.79 Å². The van der Waals surface area contributed by atoms with Crippen LogP contribution in [0.3, 0.4) is 0 Å². The van der Waals surface area contributed by atoms with Gasteiger partial charge in [0.2, 0.25) is 0 Å². The first-order valence-corrected chi connectivity index (χ1v) is 3.49. The van der Waals surface area contributed by atoms with E-state index in [0.717, 1.165) is 11.1 Å². The van der Waals surface area contributed by atoms with Gasteiger partial charge < -0.3 is 0 Å². The molecule has 0 saturated heterocycles. The number of hydrogen-bond acceptors (Lipinski definition) is 1. The number of fused-ring (bicyclic) bond motifs is 1. The summed E-state index contributed by atoms with van der Waals surface area (Å²) in [5, 5.41) is 0. The molecule has 1 aliphatic carbocycles. The van der Waals surface area contributed by atoms with Crippen molar-refractivity contribution in [3.8, 4) is 0 Å². The molecule has 1 heteroatoms. The van der Waals surface area contributed by atoms with Gasteiger partial charge in [-0.25, -0.2) is 0 Å². The van der Waals surface area contributed by atoms with Gasteiger partial charge in [-0.2, -0.15) is 0 Å². The summed E-state index contributed by atoms with van der Waals surface area (Å²) in [6, 6.07) is 9.21. The standard InChI is InChI=1S/C10H6O/c11-10-7-3-5-8-4-1-2-6-9(8)10/h1,3,5-6H,7H2. The topological polar surface area (TPSA) is 17.1 Å². The molecule has 0 atom stereocenters. The third-order valence-corrected chi connectivity index (χ3v) is 1.72. The van der Waals surface area contributed by atoms with Crippen LogP contribution in [0.25, 0.3) is 6.08 Å².